The minimum absolute atomic E-state index is 0.637. The summed E-state index contributed by atoms with van der Waals surface area (Å²) in [5, 5.41) is 11.4. The van der Waals surface area contributed by atoms with Crippen molar-refractivity contribution < 1.29 is 5.11 Å². The molecule has 3 heteroatoms. The highest BCUT2D eigenvalue weighted by molar-refractivity contribution is 5.86. The van der Waals surface area contributed by atoms with Crippen LogP contribution in [0.5, 0.6) is 0 Å². The van der Waals surface area contributed by atoms with Crippen molar-refractivity contribution in [1.82, 2.24) is 9.97 Å². The molecule has 0 atom stereocenters. The molecule has 26 heavy (non-hydrogen) atoms. The molecule has 2 heterocycles. The first-order chi connectivity index (χ1) is 12.5. The normalized spacial score (nSPS) is 16.5. The number of H-pyrrole nitrogens is 1. The van der Waals surface area contributed by atoms with Gasteiger partial charge in [-0.1, -0.05) is 43.2 Å². The summed E-state index contributed by atoms with van der Waals surface area (Å²) in [5.41, 5.74) is 4.56. The van der Waals surface area contributed by atoms with Crippen molar-refractivity contribution in [2.45, 2.75) is 45.1 Å². The number of fused-ring (bicyclic) bond motifs is 1. The molecule has 2 aromatic heterocycles. The molecule has 0 spiro atoms. The van der Waals surface area contributed by atoms with E-state index in [1.807, 2.05) is 38.2 Å². The Morgan fingerprint density at radius 3 is 2.54 bits per heavy atom. The van der Waals surface area contributed by atoms with Crippen LogP contribution in [0.4, 0.5) is 0 Å². The van der Waals surface area contributed by atoms with Crippen LogP contribution in [0.1, 0.15) is 56.4 Å². The zero-order valence-corrected chi connectivity index (χ0v) is 15.5. The van der Waals surface area contributed by atoms with Crippen LogP contribution in [0.15, 0.2) is 54.7 Å². The molecule has 1 saturated carbocycles. The lowest BCUT2D eigenvalue weighted by Crippen LogP contribution is -2.15. The van der Waals surface area contributed by atoms with Crippen molar-refractivity contribution in [1.29, 1.82) is 0 Å². The van der Waals surface area contributed by atoms with Gasteiger partial charge in [0.2, 0.25) is 0 Å². The highest BCUT2D eigenvalue weighted by Gasteiger charge is 2.19. The van der Waals surface area contributed by atoms with E-state index in [1.165, 1.54) is 36.8 Å². The molecule has 0 unspecified atom stereocenters. The highest BCUT2D eigenvalue weighted by Crippen LogP contribution is 2.33. The van der Waals surface area contributed by atoms with Gasteiger partial charge in [-0.05, 0) is 61.9 Å². The van der Waals surface area contributed by atoms with E-state index in [0.29, 0.717) is 5.92 Å². The second-order valence-corrected chi connectivity index (χ2v) is 7.89. The van der Waals surface area contributed by atoms with Gasteiger partial charge < -0.3 is 10.1 Å². The van der Waals surface area contributed by atoms with Gasteiger partial charge in [-0.25, -0.2) is 4.98 Å². The summed E-state index contributed by atoms with van der Waals surface area (Å²) in [7, 11) is 0. The van der Waals surface area contributed by atoms with E-state index in [0.717, 1.165) is 22.3 Å². The van der Waals surface area contributed by atoms with Crippen molar-refractivity contribution >= 4 is 16.6 Å². The van der Waals surface area contributed by atoms with Gasteiger partial charge in [-0.3, -0.25) is 0 Å². The number of hydrogen-bond donors (Lipinski definition) is 2. The molecule has 134 valence electrons. The number of aromatic amines is 1. The molecule has 0 aliphatic heterocycles. The third-order valence-corrected chi connectivity index (χ3v) is 5.39. The van der Waals surface area contributed by atoms with Crippen molar-refractivity contribution in [3.8, 4) is 0 Å². The highest BCUT2D eigenvalue weighted by atomic mass is 16.3. The quantitative estimate of drug-likeness (QED) is 0.663. The minimum Gasteiger partial charge on any atom is -0.386 e. The number of nitrogens with one attached hydrogen (secondary N) is 1. The number of nitrogens with zero attached hydrogens (tertiary/aromatic N) is 1. The number of aliphatic hydroxyl groups is 1. The topological polar surface area (TPSA) is 48.9 Å². The molecule has 1 aliphatic rings. The first-order valence-electron chi connectivity index (χ1n) is 9.50. The maximum Gasteiger partial charge on any atom is 0.137 e. The fourth-order valence-corrected chi connectivity index (χ4v) is 3.86. The van der Waals surface area contributed by atoms with Crippen molar-refractivity contribution in [3.63, 3.8) is 0 Å². The van der Waals surface area contributed by atoms with Crippen molar-refractivity contribution in [2.75, 3.05) is 0 Å². The molecule has 3 nitrogen and oxygen atoms in total. The van der Waals surface area contributed by atoms with Crippen molar-refractivity contribution in [3.05, 3.63) is 71.6 Å². The number of allylic oxidation sites excluding steroid dienone is 1. The van der Waals surface area contributed by atoms with Gasteiger partial charge in [0.05, 0.1) is 5.60 Å². The van der Waals surface area contributed by atoms with Gasteiger partial charge in [-0.2, -0.15) is 0 Å². The predicted octanol–water partition coefficient (Wildman–Crippen LogP) is 5.41. The van der Waals surface area contributed by atoms with Crippen LogP contribution in [-0.2, 0) is 5.60 Å². The van der Waals surface area contributed by atoms with Crippen LogP contribution in [0.25, 0.3) is 16.6 Å². The zero-order chi connectivity index (χ0) is 18.1. The first-order valence-corrected chi connectivity index (χ1v) is 9.50. The lowest BCUT2D eigenvalue weighted by atomic mass is 9.92. The van der Waals surface area contributed by atoms with Crippen molar-refractivity contribution in [2.24, 2.45) is 5.92 Å². The van der Waals surface area contributed by atoms with Crippen LogP contribution in [0, 0.1) is 5.92 Å². The number of pyridine rings is 1. The van der Waals surface area contributed by atoms with Crippen LogP contribution >= 0.6 is 0 Å². The molecule has 4 rings (SSSR count). The Hall–Kier alpha value is -2.39. The number of rotatable bonds is 4. The maximum atomic E-state index is 10.2. The summed E-state index contributed by atoms with van der Waals surface area (Å²) in [6.45, 7) is 3.64. The lowest BCUT2D eigenvalue weighted by molar-refractivity contribution is 0.0786. The van der Waals surface area contributed by atoms with Crippen LogP contribution in [0.2, 0.25) is 0 Å². The predicted molar refractivity (Wildman–Crippen MR) is 107 cm³/mol. The Kier molecular flexibility index (Phi) is 4.41. The average molecular weight is 346 g/mol. The van der Waals surface area contributed by atoms with Gasteiger partial charge >= 0.3 is 0 Å². The van der Waals surface area contributed by atoms with Gasteiger partial charge in [0.1, 0.15) is 5.65 Å². The van der Waals surface area contributed by atoms with E-state index in [4.69, 9.17) is 0 Å². The number of hydrogen-bond acceptors (Lipinski definition) is 2. The first kappa shape index (κ1) is 17.0. The monoisotopic (exact) mass is 346 g/mol. The van der Waals surface area contributed by atoms with Gasteiger partial charge in [0.15, 0.2) is 0 Å². The zero-order valence-electron chi connectivity index (χ0n) is 15.5. The Morgan fingerprint density at radius 1 is 1.15 bits per heavy atom. The molecule has 0 radical (unpaired) electrons. The molecule has 2 N–H and O–H groups in total. The summed E-state index contributed by atoms with van der Waals surface area (Å²) >= 11 is 0. The van der Waals surface area contributed by atoms with Crippen LogP contribution in [0.3, 0.4) is 0 Å². The van der Waals surface area contributed by atoms with Gasteiger partial charge in [0, 0.05) is 22.9 Å². The third-order valence-electron chi connectivity index (χ3n) is 5.39. The van der Waals surface area contributed by atoms with E-state index in [1.54, 1.807) is 0 Å². The van der Waals surface area contributed by atoms with Crippen LogP contribution < -0.4 is 0 Å². The fraction of sp³-hybridized carbons (Fsp3) is 0.348. The molecular formula is C23H26N2O. The summed E-state index contributed by atoms with van der Waals surface area (Å²) in [6.07, 6.45) is 9.42. The summed E-state index contributed by atoms with van der Waals surface area (Å²) < 4.78 is 0. The van der Waals surface area contributed by atoms with E-state index >= 15 is 0 Å². The second kappa shape index (κ2) is 6.73. The second-order valence-electron chi connectivity index (χ2n) is 7.89. The minimum atomic E-state index is -0.821. The molecule has 3 aromatic rings. The van der Waals surface area contributed by atoms with Crippen LogP contribution in [-0.4, -0.2) is 15.1 Å². The van der Waals surface area contributed by atoms with E-state index in [2.05, 4.69) is 40.3 Å². The summed E-state index contributed by atoms with van der Waals surface area (Å²) in [4.78, 5) is 7.92. The molecule has 1 aliphatic carbocycles. The molecule has 1 aromatic carbocycles. The molecule has 1 fully saturated rings. The molecule has 0 bridgehead atoms. The summed E-state index contributed by atoms with van der Waals surface area (Å²) in [5.74, 6) is 0.637. The van der Waals surface area contributed by atoms with Gasteiger partial charge in [-0.15, -0.1) is 0 Å². The number of benzene rings is 1. The standard InChI is InChI=1S/C23H26N2O/c1-23(2,26)19-11-9-17(10-12-19)20(14-16-6-3-4-7-16)21-15-18-8-5-13-24-22(18)25-21/h5,8-16,26H,3-4,6-7H2,1-2H3,(H,24,25)/b20-14-. The third kappa shape index (κ3) is 3.45. The lowest BCUT2D eigenvalue weighted by Gasteiger charge is -2.18. The average Bonchev–Trinajstić information content (AvgIpc) is 3.28. The summed E-state index contributed by atoms with van der Waals surface area (Å²) in [6, 6.07) is 14.5. The molecule has 0 amide bonds. The largest absolute Gasteiger partial charge is 0.386 e. The maximum absolute atomic E-state index is 10.2. The van der Waals surface area contributed by atoms with E-state index in [9.17, 15) is 5.11 Å². The molecular weight excluding hydrogens is 320 g/mol. The molecule has 0 saturated heterocycles. The Morgan fingerprint density at radius 2 is 1.88 bits per heavy atom. The van der Waals surface area contributed by atoms with Gasteiger partial charge in [0.25, 0.3) is 0 Å². The SMILES string of the molecule is CC(C)(O)c1ccc(/C(=C/C2CCCC2)c2cc3cccnc3[nH]2)cc1. The number of aromatic nitrogens is 2. The van der Waals surface area contributed by atoms with E-state index in [-0.39, 0.29) is 0 Å². The fourth-order valence-electron chi connectivity index (χ4n) is 3.86. The Balaban J connectivity index is 1.78. The van der Waals surface area contributed by atoms with E-state index < -0.39 is 5.60 Å². The Bertz CT molecular complexity index is 890. The Labute approximate surface area is 154 Å². The smallest absolute Gasteiger partial charge is 0.137 e.